The van der Waals surface area contributed by atoms with Crippen LogP contribution in [0.2, 0.25) is 0 Å². The molecule has 4 rings (SSSR count). The minimum atomic E-state index is -0.357. The molecule has 31 heavy (non-hydrogen) atoms. The van der Waals surface area contributed by atoms with E-state index in [-0.39, 0.29) is 27.9 Å². The van der Waals surface area contributed by atoms with E-state index in [1.165, 1.54) is 5.56 Å². The number of nitrogens with zero attached hydrogens (tertiary/aromatic N) is 2. The van der Waals surface area contributed by atoms with E-state index in [1.54, 1.807) is 18.3 Å². The Bertz CT molecular complexity index is 1150. The average molecular weight is 417 g/mol. The predicted octanol–water partition coefficient (Wildman–Crippen LogP) is 6.17. The van der Waals surface area contributed by atoms with Gasteiger partial charge in [0.1, 0.15) is 0 Å². The van der Waals surface area contributed by atoms with Crippen LogP contribution >= 0.6 is 0 Å². The Morgan fingerprint density at radius 1 is 1.13 bits per heavy atom. The van der Waals surface area contributed by atoms with Crippen LogP contribution in [0.15, 0.2) is 66.9 Å². The number of para-hydroxylation sites is 1. The summed E-state index contributed by atoms with van der Waals surface area (Å²) in [7, 11) is 0. The molecule has 0 radical (unpaired) electrons. The Labute approximate surface area is 182 Å². The van der Waals surface area contributed by atoms with Crippen molar-refractivity contribution < 1.29 is 9.72 Å². The molecule has 0 N–H and O–H groups in total. The van der Waals surface area contributed by atoms with E-state index in [9.17, 15) is 14.9 Å². The second kappa shape index (κ2) is 8.14. The van der Waals surface area contributed by atoms with Crippen LogP contribution in [0.1, 0.15) is 50.7 Å². The molecule has 1 aromatic heterocycles. The molecule has 1 unspecified atom stereocenters. The lowest BCUT2D eigenvalue weighted by molar-refractivity contribution is -0.383. The highest BCUT2D eigenvalue weighted by atomic mass is 16.6. The van der Waals surface area contributed by atoms with Crippen LogP contribution in [-0.4, -0.2) is 15.3 Å². The first kappa shape index (κ1) is 21.0. The molecule has 5 heteroatoms. The molecule has 0 spiro atoms. The van der Waals surface area contributed by atoms with E-state index in [2.05, 4.69) is 26.0 Å². The maximum Gasteiger partial charge on any atom is 0.294 e. The molecular formula is C26H28N2O3. The van der Waals surface area contributed by atoms with Gasteiger partial charge in [-0.1, -0.05) is 63.2 Å². The third-order valence-corrected chi connectivity index (χ3v) is 6.24. The van der Waals surface area contributed by atoms with Gasteiger partial charge in [0.25, 0.3) is 5.69 Å². The predicted molar refractivity (Wildman–Crippen MR) is 123 cm³/mol. The highest BCUT2D eigenvalue weighted by Gasteiger charge is 2.44. The molecule has 5 nitrogen and oxygen atoms in total. The van der Waals surface area contributed by atoms with Crippen molar-refractivity contribution in [3.05, 3.63) is 88.1 Å². The van der Waals surface area contributed by atoms with E-state index in [4.69, 9.17) is 0 Å². The van der Waals surface area contributed by atoms with Crippen LogP contribution in [0, 0.1) is 16.0 Å². The zero-order valence-corrected chi connectivity index (χ0v) is 18.2. The van der Waals surface area contributed by atoms with Gasteiger partial charge in [0.05, 0.1) is 27.6 Å². The van der Waals surface area contributed by atoms with Crippen molar-refractivity contribution in [2.75, 3.05) is 0 Å². The lowest BCUT2D eigenvalue weighted by Gasteiger charge is -2.15. The van der Waals surface area contributed by atoms with Crippen LogP contribution < -0.4 is 0 Å². The summed E-state index contributed by atoms with van der Waals surface area (Å²) >= 11 is 0. The monoisotopic (exact) mass is 416 g/mol. The summed E-state index contributed by atoms with van der Waals surface area (Å²) in [6, 6.07) is 15.7. The molecule has 3 aromatic rings. The minimum absolute atomic E-state index is 0.0499. The summed E-state index contributed by atoms with van der Waals surface area (Å²) in [5, 5.41) is 12.1. The average Bonchev–Trinajstić information content (AvgIpc) is 3.43. The van der Waals surface area contributed by atoms with Gasteiger partial charge in [0.2, 0.25) is 0 Å². The molecule has 1 fully saturated rings. The van der Waals surface area contributed by atoms with Crippen molar-refractivity contribution in [2.24, 2.45) is 5.92 Å². The van der Waals surface area contributed by atoms with E-state index >= 15 is 0 Å². The third-order valence-electron chi connectivity index (χ3n) is 6.24. The first-order valence-corrected chi connectivity index (χ1v) is 10.9. The number of rotatable bonds is 8. The van der Waals surface area contributed by atoms with Gasteiger partial charge in [0.15, 0.2) is 5.78 Å². The summed E-state index contributed by atoms with van der Waals surface area (Å²) in [5.74, 6) is 0.424. The molecule has 1 saturated carbocycles. The molecule has 1 aliphatic rings. The summed E-state index contributed by atoms with van der Waals surface area (Å²) in [6.45, 7) is 6.32. The van der Waals surface area contributed by atoms with Crippen molar-refractivity contribution in [2.45, 2.75) is 51.5 Å². The second-order valence-corrected chi connectivity index (χ2v) is 9.06. The van der Waals surface area contributed by atoms with Gasteiger partial charge >= 0.3 is 0 Å². The first-order valence-electron chi connectivity index (χ1n) is 10.9. The first-order chi connectivity index (χ1) is 14.8. The maximum absolute atomic E-state index is 12.9. The normalized spacial score (nSPS) is 16.1. The molecule has 2 aromatic carbocycles. The zero-order valence-electron chi connectivity index (χ0n) is 18.2. The van der Waals surface area contributed by atoms with E-state index < -0.39 is 0 Å². The van der Waals surface area contributed by atoms with Crippen LogP contribution in [0.3, 0.4) is 0 Å². The number of carbonyl (C=O) groups is 1. The topological polar surface area (TPSA) is 65.1 Å². The van der Waals surface area contributed by atoms with Gasteiger partial charge in [0, 0.05) is 5.92 Å². The van der Waals surface area contributed by atoms with Gasteiger partial charge in [-0.15, -0.1) is 0 Å². The number of nitro groups is 1. The fourth-order valence-electron chi connectivity index (χ4n) is 4.25. The fourth-order valence-corrected chi connectivity index (χ4v) is 4.25. The largest absolute Gasteiger partial charge is 0.331 e. The highest BCUT2D eigenvalue weighted by molar-refractivity contribution is 5.95. The summed E-state index contributed by atoms with van der Waals surface area (Å²) in [4.78, 5) is 24.0. The lowest BCUT2D eigenvalue weighted by atomic mass is 9.93. The SMILES string of the molecule is CC(C)Cc1ccc(C(C)C(=O)/C=C/C2(n3cc([N+](=O)[O-])c4ccccc43)CC2)cc1. The number of hydrogen-bond acceptors (Lipinski definition) is 3. The lowest BCUT2D eigenvalue weighted by Crippen LogP contribution is -2.14. The Balaban J connectivity index is 1.55. The van der Waals surface area contributed by atoms with Crippen LogP contribution in [0.4, 0.5) is 5.69 Å². The van der Waals surface area contributed by atoms with Gasteiger partial charge in [-0.05, 0) is 54.5 Å². The van der Waals surface area contributed by atoms with Crippen molar-refractivity contribution in [1.29, 1.82) is 0 Å². The highest BCUT2D eigenvalue weighted by Crippen LogP contribution is 2.48. The Hall–Kier alpha value is -3.21. The van der Waals surface area contributed by atoms with Gasteiger partial charge in [-0.2, -0.15) is 0 Å². The molecule has 160 valence electrons. The number of hydrogen-bond donors (Lipinski definition) is 0. The van der Waals surface area contributed by atoms with Crippen LogP contribution in [0.25, 0.3) is 10.9 Å². The molecule has 0 amide bonds. The fraction of sp³-hybridized carbons (Fsp3) is 0.346. The summed E-state index contributed by atoms with van der Waals surface area (Å²) in [5.41, 5.74) is 2.87. The molecule has 1 aliphatic carbocycles. The maximum atomic E-state index is 12.9. The summed E-state index contributed by atoms with van der Waals surface area (Å²) < 4.78 is 1.97. The smallest absolute Gasteiger partial charge is 0.294 e. The standard InChI is InChI=1S/C26H28N2O3/c1-18(2)16-20-8-10-21(11-9-20)19(3)25(29)12-13-26(14-15-26)27-17-24(28(30)31)22-6-4-5-7-23(22)27/h4-13,17-19H,14-16H2,1-3H3/b13-12+. The van der Waals surface area contributed by atoms with Gasteiger partial charge in [-0.25, -0.2) is 0 Å². The Morgan fingerprint density at radius 3 is 2.42 bits per heavy atom. The van der Waals surface area contributed by atoms with Gasteiger partial charge < -0.3 is 4.57 Å². The van der Waals surface area contributed by atoms with Gasteiger partial charge in [-0.3, -0.25) is 14.9 Å². The van der Waals surface area contributed by atoms with Crippen LogP contribution in [0.5, 0.6) is 0 Å². The minimum Gasteiger partial charge on any atom is -0.331 e. The summed E-state index contributed by atoms with van der Waals surface area (Å²) in [6.07, 6.45) is 7.98. The Morgan fingerprint density at radius 2 is 1.81 bits per heavy atom. The van der Waals surface area contributed by atoms with Crippen molar-refractivity contribution >= 4 is 22.4 Å². The zero-order chi connectivity index (χ0) is 22.2. The number of carbonyl (C=O) groups excluding carboxylic acids is 1. The number of benzene rings is 2. The molecular weight excluding hydrogens is 388 g/mol. The second-order valence-electron chi connectivity index (χ2n) is 9.06. The molecule has 1 heterocycles. The number of ketones is 1. The molecule has 0 saturated heterocycles. The van der Waals surface area contributed by atoms with E-state index in [0.717, 1.165) is 30.3 Å². The number of fused-ring (bicyclic) bond motifs is 1. The third kappa shape index (κ3) is 4.18. The van der Waals surface area contributed by atoms with E-state index in [0.29, 0.717) is 11.3 Å². The number of aromatic nitrogens is 1. The van der Waals surface area contributed by atoms with Crippen molar-refractivity contribution in [1.82, 2.24) is 4.57 Å². The Kier molecular flexibility index (Phi) is 5.52. The van der Waals surface area contributed by atoms with Crippen molar-refractivity contribution in [3.63, 3.8) is 0 Å². The number of allylic oxidation sites excluding steroid dienone is 2. The van der Waals surface area contributed by atoms with E-state index in [1.807, 2.05) is 47.9 Å². The van der Waals surface area contributed by atoms with Crippen molar-refractivity contribution in [3.8, 4) is 0 Å². The molecule has 0 aliphatic heterocycles. The molecule has 0 bridgehead atoms. The molecule has 1 atom stereocenters. The van der Waals surface area contributed by atoms with Crippen LogP contribution in [-0.2, 0) is 16.8 Å². The quantitative estimate of drug-likeness (QED) is 0.251.